The average molecular weight is 341 g/mol. The summed E-state index contributed by atoms with van der Waals surface area (Å²) in [6.45, 7) is 0.478. The Morgan fingerprint density at radius 3 is 2.26 bits per heavy atom. The van der Waals surface area contributed by atoms with Crippen molar-refractivity contribution in [3.63, 3.8) is 0 Å². The van der Waals surface area contributed by atoms with Gasteiger partial charge in [-0.15, -0.1) is 0 Å². The number of rotatable bonds is 7. The third kappa shape index (κ3) is 3.84. The number of amides is 1. The van der Waals surface area contributed by atoms with Gasteiger partial charge in [0.2, 0.25) is 5.75 Å². The Morgan fingerprint density at radius 1 is 1.17 bits per heavy atom. The maximum absolute atomic E-state index is 12.5. The fourth-order valence-corrected chi connectivity index (χ4v) is 3.91. The SMILES string of the molecule is COc1cc(C(=O)NCC2(OC)CCSC2)cc(OC)c1OC. The van der Waals surface area contributed by atoms with E-state index in [1.807, 2.05) is 11.8 Å². The maximum Gasteiger partial charge on any atom is 0.251 e. The summed E-state index contributed by atoms with van der Waals surface area (Å²) < 4.78 is 21.4. The van der Waals surface area contributed by atoms with E-state index < -0.39 is 0 Å². The van der Waals surface area contributed by atoms with E-state index in [9.17, 15) is 4.79 Å². The molecule has 23 heavy (non-hydrogen) atoms. The minimum Gasteiger partial charge on any atom is -0.493 e. The zero-order valence-corrected chi connectivity index (χ0v) is 14.7. The van der Waals surface area contributed by atoms with Crippen LogP contribution in [-0.2, 0) is 4.74 Å². The molecule has 1 aliphatic rings. The van der Waals surface area contributed by atoms with Crippen LogP contribution in [0.15, 0.2) is 12.1 Å². The Labute approximate surface area is 140 Å². The van der Waals surface area contributed by atoms with Crippen molar-refractivity contribution in [2.24, 2.45) is 0 Å². The fourth-order valence-electron chi connectivity index (χ4n) is 2.52. The Kier molecular flexibility index (Phi) is 6.01. The molecular weight excluding hydrogens is 318 g/mol. The Bertz CT molecular complexity index is 532. The zero-order valence-electron chi connectivity index (χ0n) is 13.9. The van der Waals surface area contributed by atoms with E-state index in [-0.39, 0.29) is 11.5 Å². The van der Waals surface area contributed by atoms with E-state index in [0.29, 0.717) is 29.4 Å². The van der Waals surface area contributed by atoms with E-state index in [4.69, 9.17) is 18.9 Å². The van der Waals surface area contributed by atoms with Crippen molar-refractivity contribution in [1.82, 2.24) is 5.32 Å². The van der Waals surface area contributed by atoms with Gasteiger partial charge in [0.15, 0.2) is 11.5 Å². The molecule has 0 radical (unpaired) electrons. The highest BCUT2D eigenvalue weighted by Gasteiger charge is 2.34. The number of methoxy groups -OCH3 is 4. The van der Waals surface area contributed by atoms with E-state index in [0.717, 1.165) is 17.9 Å². The number of benzene rings is 1. The normalized spacial score (nSPS) is 20.2. The second-order valence-corrected chi connectivity index (χ2v) is 6.39. The first-order valence-corrected chi connectivity index (χ1v) is 8.45. The zero-order chi connectivity index (χ0) is 16.9. The summed E-state index contributed by atoms with van der Waals surface area (Å²) in [5.74, 6) is 3.11. The van der Waals surface area contributed by atoms with Crippen LogP contribution in [0.5, 0.6) is 17.2 Å². The van der Waals surface area contributed by atoms with Crippen LogP contribution in [0.3, 0.4) is 0 Å². The van der Waals surface area contributed by atoms with Gasteiger partial charge in [0.25, 0.3) is 5.91 Å². The summed E-state index contributed by atoms with van der Waals surface area (Å²) in [5.41, 5.74) is 0.178. The predicted molar refractivity (Wildman–Crippen MR) is 90.1 cm³/mol. The molecule has 1 atom stereocenters. The van der Waals surface area contributed by atoms with E-state index >= 15 is 0 Å². The summed E-state index contributed by atoms with van der Waals surface area (Å²) in [6, 6.07) is 3.28. The number of carbonyl (C=O) groups excluding carboxylic acids is 1. The molecule has 0 aromatic heterocycles. The molecule has 2 rings (SSSR count). The summed E-state index contributed by atoms with van der Waals surface area (Å²) in [4.78, 5) is 12.5. The number of ether oxygens (including phenoxy) is 4. The molecular formula is C16H23NO5S. The molecule has 1 saturated heterocycles. The molecule has 1 unspecified atom stereocenters. The third-order valence-electron chi connectivity index (χ3n) is 4.00. The van der Waals surface area contributed by atoms with E-state index in [2.05, 4.69) is 5.32 Å². The first-order chi connectivity index (χ1) is 11.1. The summed E-state index contributed by atoms with van der Waals surface area (Å²) in [5, 5.41) is 2.94. The number of hydrogen-bond acceptors (Lipinski definition) is 6. The second kappa shape index (κ2) is 7.79. The molecule has 0 aliphatic carbocycles. The molecule has 1 amide bonds. The van der Waals surface area contributed by atoms with Crippen LogP contribution in [0.2, 0.25) is 0 Å². The summed E-state index contributed by atoms with van der Waals surface area (Å²) in [6.07, 6.45) is 0.934. The lowest BCUT2D eigenvalue weighted by Crippen LogP contribution is -2.44. The lowest BCUT2D eigenvalue weighted by Gasteiger charge is -2.26. The number of hydrogen-bond donors (Lipinski definition) is 1. The van der Waals surface area contributed by atoms with Crippen molar-refractivity contribution < 1.29 is 23.7 Å². The van der Waals surface area contributed by atoms with Gasteiger partial charge in [-0.3, -0.25) is 4.79 Å². The Morgan fingerprint density at radius 2 is 1.83 bits per heavy atom. The Hall–Kier alpha value is -1.60. The quantitative estimate of drug-likeness (QED) is 0.818. The molecule has 0 saturated carbocycles. The third-order valence-corrected chi connectivity index (χ3v) is 5.22. The molecule has 0 bridgehead atoms. The first kappa shape index (κ1) is 17.7. The van der Waals surface area contributed by atoms with Crippen LogP contribution in [0.1, 0.15) is 16.8 Å². The topological polar surface area (TPSA) is 66.0 Å². The maximum atomic E-state index is 12.5. The van der Waals surface area contributed by atoms with Gasteiger partial charge in [-0.05, 0) is 24.3 Å². The average Bonchev–Trinajstić information content (AvgIpc) is 3.07. The molecule has 1 fully saturated rings. The number of carbonyl (C=O) groups is 1. The largest absolute Gasteiger partial charge is 0.493 e. The molecule has 128 valence electrons. The molecule has 1 aromatic carbocycles. The standard InChI is InChI=1S/C16H23NO5S/c1-19-12-7-11(8-13(20-2)14(12)21-3)15(18)17-9-16(22-4)5-6-23-10-16/h7-8H,5-6,9-10H2,1-4H3,(H,17,18). The lowest BCUT2D eigenvalue weighted by atomic mass is 10.0. The predicted octanol–water partition coefficient (Wildman–Crippen LogP) is 1.96. The van der Waals surface area contributed by atoms with Gasteiger partial charge in [0.1, 0.15) is 0 Å². The van der Waals surface area contributed by atoms with Gasteiger partial charge in [-0.1, -0.05) is 0 Å². The second-order valence-electron chi connectivity index (χ2n) is 5.29. The Balaban J connectivity index is 2.15. The summed E-state index contributed by atoms with van der Waals surface area (Å²) in [7, 11) is 6.26. The number of thioether (sulfide) groups is 1. The molecule has 0 spiro atoms. The van der Waals surface area contributed by atoms with Crippen LogP contribution in [0.25, 0.3) is 0 Å². The molecule has 7 heteroatoms. The smallest absolute Gasteiger partial charge is 0.251 e. The van der Waals surface area contributed by atoms with Crippen molar-refractivity contribution in [1.29, 1.82) is 0 Å². The van der Waals surface area contributed by atoms with Crippen molar-refractivity contribution in [3.05, 3.63) is 17.7 Å². The highest BCUT2D eigenvalue weighted by atomic mass is 32.2. The van der Waals surface area contributed by atoms with Crippen LogP contribution in [0.4, 0.5) is 0 Å². The molecule has 1 aromatic rings. The minimum atomic E-state index is -0.277. The minimum absolute atomic E-state index is 0.197. The van der Waals surface area contributed by atoms with Gasteiger partial charge in [0, 0.05) is 25.0 Å². The molecule has 1 N–H and O–H groups in total. The van der Waals surface area contributed by atoms with Gasteiger partial charge in [0.05, 0.1) is 26.9 Å². The van der Waals surface area contributed by atoms with Crippen molar-refractivity contribution in [3.8, 4) is 17.2 Å². The van der Waals surface area contributed by atoms with Crippen molar-refractivity contribution in [2.75, 3.05) is 46.5 Å². The van der Waals surface area contributed by atoms with Gasteiger partial charge < -0.3 is 24.3 Å². The van der Waals surface area contributed by atoms with E-state index in [1.165, 1.54) is 21.3 Å². The molecule has 1 heterocycles. The molecule has 1 aliphatic heterocycles. The van der Waals surface area contributed by atoms with Crippen LogP contribution < -0.4 is 19.5 Å². The van der Waals surface area contributed by atoms with Crippen LogP contribution >= 0.6 is 11.8 Å². The highest BCUT2D eigenvalue weighted by molar-refractivity contribution is 7.99. The highest BCUT2D eigenvalue weighted by Crippen LogP contribution is 2.38. The number of nitrogens with one attached hydrogen (secondary N) is 1. The first-order valence-electron chi connectivity index (χ1n) is 7.30. The van der Waals surface area contributed by atoms with Crippen molar-refractivity contribution in [2.45, 2.75) is 12.0 Å². The van der Waals surface area contributed by atoms with Crippen molar-refractivity contribution >= 4 is 17.7 Å². The van der Waals surface area contributed by atoms with Gasteiger partial charge >= 0.3 is 0 Å². The summed E-state index contributed by atoms with van der Waals surface area (Å²) >= 11 is 1.84. The van der Waals surface area contributed by atoms with E-state index in [1.54, 1.807) is 19.2 Å². The lowest BCUT2D eigenvalue weighted by molar-refractivity contribution is 0.0137. The molecule has 6 nitrogen and oxygen atoms in total. The van der Waals surface area contributed by atoms with Gasteiger partial charge in [-0.25, -0.2) is 0 Å². The van der Waals surface area contributed by atoms with Crippen LogP contribution in [0, 0.1) is 0 Å². The van der Waals surface area contributed by atoms with Gasteiger partial charge in [-0.2, -0.15) is 11.8 Å². The van der Waals surface area contributed by atoms with Crippen LogP contribution in [-0.4, -0.2) is 58.0 Å². The monoisotopic (exact) mass is 341 g/mol. The fraction of sp³-hybridized carbons (Fsp3) is 0.562.